The third kappa shape index (κ3) is 5.16. The molecule has 1 aliphatic heterocycles. The molecule has 27 heavy (non-hydrogen) atoms. The minimum absolute atomic E-state index is 0.0743. The van der Waals surface area contributed by atoms with Crippen molar-refractivity contribution in [1.82, 2.24) is 15.2 Å². The second-order valence-electron chi connectivity index (χ2n) is 6.56. The summed E-state index contributed by atoms with van der Waals surface area (Å²) in [7, 11) is 0. The molecule has 0 spiro atoms. The highest BCUT2D eigenvalue weighted by Gasteiger charge is 2.34. The molecule has 0 saturated carbocycles. The van der Waals surface area contributed by atoms with Gasteiger partial charge in [0.25, 0.3) is 0 Å². The van der Waals surface area contributed by atoms with E-state index >= 15 is 0 Å². The van der Waals surface area contributed by atoms with Gasteiger partial charge in [0.15, 0.2) is 0 Å². The fourth-order valence-corrected chi connectivity index (χ4v) is 2.88. The smallest absolute Gasteiger partial charge is 0.227 e. The van der Waals surface area contributed by atoms with Crippen molar-refractivity contribution in [3.8, 4) is 0 Å². The number of aryl methyl sites for hydroxylation is 1. The van der Waals surface area contributed by atoms with Gasteiger partial charge in [-0.3, -0.25) is 14.4 Å². The lowest BCUT2D eigenvalue weighted by Crippen LogP contribution is -2.34. The van der Waals surface area contributed by atoms with Crippen LogP contribution in [0.3, 0.4) is 0 Å². The van der Waals surface area contributed by atoms with Crippen molar-refractivity contribution in [1.29, 1.82) is 0 Å². The number of amides is 3. The van der Waals surface area contributed by atoms with Crippen LogP contribution in [-0.4, -0.2) is 40.7 Å². The van der Waals surface area contributed by atoms with Gasteiger partial charge in [0.1, 0.15) is 11.6 Å². The van der Waals surface area contributed by atoms with Gasteiger partial charge >= 0.3 is 0 Å². The number of aromatic nitrogens is 1. The second kappa shape index (κ2) is 8.48. The van der Waals surface area contributed by atoms with E-state index in [2.05, 4.69) is 15.6 Å². The molecule has 0 aromatic carbocycles. The Morgan fingerprint density at radius 1 is 1.33 bits per heavy atom. The van der Waals surface area contributed by atoms with Gasteiger partial charge in [-0.2, -0.15) is 0 Å². The molecule has 2 aromatic heterocycles. The SMILES string of the molecule is Cc1ccc(NC(=O)CCNC(=O)[C@H]2CC(=O)N(Cc3ccco3)C2)nc1. The zero-order valence-corrected chi connectivity index (χ0v) is 15.1. The van der Waals surface area contributed by atoms with Gasteiger partial charge in [0, 0.05) is 32.1 Å². The molecule has 8 heteroatoms. The van der Waals surface area contributed by atoms with Gasteiger partial charge < -0.3 is 20.0 Å². The minimum atomic E-state index is -0.408. The summed E-state index contributed by atoms with van der Waals surface area (Å²) in [6, 6.07) is 7.14. The molecule has 2 aromatic rings. The molecule has 142 valence electrons. The quantitative estimate of drug-likeness (QED) is 0.768. The summed E-state index contributed by atoms with van der Waals surface area (Å²) in [6.45, 7) is 2.84. The monoisotopic (exact) mass is 370 g/mol. The normalized spacial score (nSPS) is 16.4. The Kier molecular flexibility index (Phi) is 5.85. The summed E-state index contributed by atoms with van der Waals surface area (Å²) < 4.78 is 5.24. The Balaban J connectivity index is 1.39. The molecule has 1 atom stereocenters. The van der Waals surface area contributed by atoms with E-state index in [9.17, 15) is 14.4 Å². The van der Waals surface area contributed by atoms with E-state index < -0.39 is 5.92 Å². The molecule has 0 unspecified atom stereocenters. The largest absolute Gasteiger partial charge is 0.467 e. The first-order valence-electron chi connectivity index (χ1n) is 8.81. The van der Waals surface area contributed by atoms with E-state index in [0.29, 0.717) is 24.7 Å². The van der Waals surface area contributed by atoms with E-state index in [1.807, 2.05) is 13.0 Å². The molecule has 3 amide bonds. The molecule has 1 aliphatic rings. The van der Waals surface area contributed by atoms with E-state index in [4.69, 9.17) is 4.42 Å². The van der Waals surface area contributed by atoms with Gasteiger partial charge in [-0.15, -0.1) is 0 Å². The fourth-order valence-electron chi connectivity index (χ4n) is 2.88. The van der Waals surface area contributed by atoms with E-state index in [1.165, 1.54) is 0 Å². The van der Waals surface area contributed by atoms with Gasteiger partial charge in [-0.25, -0.2) is 4.98 Å². The van der Waals surface area contributed by atoms with Gasteiger partial charge in [-0.1, -0.05) is 6.07 Å². The number of furan rings is 1. The predicted octanol–water partition coefficient (Wildman–Crippen LogP) is 1.48. The molecule has 1 saturated heterocycles. The van der Waals surface area contributed by atoms with Crippen LogP contribution in [0.1, 0.15) is 24.2 Å². The lowest BCUT2D eigenvalue weighted by molar-refractivity contribution is -0.129. The number of likely N-dealkylation sites (tertiary alicyclic amines) is 1. The van der Waals surface area contributed by atoms with Crippen LogP contribution in [-0.2, 0) is 20.9 Å². The van der Waals surface area contributed by atoms with Crippen molar-refractivity contribution in [2.24, 2.45) is 5.92 Å². The number of anilines is 1. The summed E-state index contributed by atoms with van der Waals surface area (Å²) in [5, 5.41) is 5.41. The first-order valence-corrected chi connectivity index (χ1v) is 8.81. The Morgan fingerprint density at radius 3 is 2.89 bits per heavy atom. The predicted molar refractivity (Wildman–Crippen MR) is 97.5 cm³/mol. The van der Waals surface area contributed by atoms with Crippen molar-refractivity contribution >= 4 is 23.5 Å². The van der Waals surface area contributed by atoms with Crippen LogP contribution < -0.4 is 10.6 Å². The molecular formula is C19H22N4O4. The lowest BCUT2D eigenvalue weighted by Gasteiger charge is -2.15. The molecular weight excluding hydrogens is 348 g/mol. The molecule has 3 heterocycles. The Morgan fingerprint density at radius 2 is 2.19 bits per heavy atom. The summed E-state index contributed by atoms with van der Waals surface area (Å²) in [5.74, 6) is 0.238. The van der Waals surface area contributed by atoms with Crippen LogP contribution in [0.2, 0.25) is 0 Å². The minimum Gasteiger partial charge on any atom is -0.467 e. The number of pyridine rings is 1. The second-order valence-corrected chi connectivity index (χ2v) is 6.56. The van der Waals surface area contributed by atoms with Crippen LogP contribution in [0.4, 0.5) is 5.82 Å². The maximum absolute atomic E-state index is 12.3. The van der Waals surface area contributed by atoms with Gasteiger partial charge in [0.2, 0.25) is 17.7 Å². The lowest BCUT2D eigenvalue weighted by atomic mass is 10.1. The Labute approximate surface area is 156 Å². The zero-order valence-electron chi connectivity index (χ0n) is 15.1. The number of carbonyl (C=O) groups excluding carboxylic acids is 3. The van der Waals surface area contributed by atoms with E-state index in [-0.39, 0.29) is 37.1 Å². The zero-order chi connectivity index (χ0) is 19.2. The number of hydrogen-bond donors (Lipinski definition) is 2. The van der Waals surface area contributed by atoms with Crippen LogP contribution in [0.5, 0.6) is 0 Å². The van der Waals surface area contributed by atoms with Crippen molar-refractivity contribution < 1.29 is 18.8 Å². The summed E-state index contributed by atoms with van der Waals surface area (Å²) in [5.41, 5.74) is 1.01. The van der Waals surface area contributed by atoms with Gasteiger partial charge in [-0.05, 0) is 30.7 Å². The number of nitrogens with zero attached hydrogens (tertiary/aromatic N) is 2. The molecule has 0 radical (unpaired) electrons. The third-order valence-corrected chi connectivity index (χ3v) is 4.34. The summed E-state index contributed by atoms with van der Waals surface area (Å²) in [4.78, 5) is 41.9. The van der Waals surface area contributed by atoms with Crippen molar-refractivity contribution in [2.45, 2.75) is 26.3 Å². The Bertz CT molecular complexity index is 802. The molecule has 0 bridgehead atoms. The number of carbonyl (C=O) groups is 3. The number of hydrogen-bond acceptors (Lipinski definition) is 5. The standard InChI is InChI=1S/C19H22N4O4/c1-13-4-5-16(21-10-13)22-17(24)6-7-20-19(26)14-9-18(25)23(11-14)12-15-3-2-8-27-15/h2-5,8,10,14H,6-7,9,11-12H2,1H3,(H,20,26)(H,21,22,24)/t14-/m0/s1. The van der Waals surface area contributed by atoms with E-state index in [1.54, 1.807) is 35.6 Å². The number of nitrogens with one attached hydrogen (secondary N) is 2. The van der Waals surface area contributed by atoms with Gasteiger partial charge in [0.05, 0.1) is 18.7 Å². The third-order valence-electron chi connectivity index (χ3n) is 4.34. The highest BCUT2D eigenvalue weighted by atomic mass is 16.3. The molecule has 8 nitrogen and oxygen atoms in total. The van der Waals surface area contributed by atoms with Crippen LogP contribution in [0, 0.1) is 12.8 Å². The van der Waals surface area contributed by atoms with Crippen LogP contribution in [0.15, 0.2) is 41.1 Å². The van der Waals surface area contributed by atoms with Crippen molar-refractivity contribution in [2.75, 3.05) is 18.4 Å². The van der Waals surface area contributed by atoms with Crippen molar-refractivity contribution in [3.63, 3.8) is 0 Å². The fraction of sp³-hybridized carbons (Fsp3) is 0.368. The molecule has 0 aliphatic carbocycles. The maximum atomic E-state index is 12.3. The highest BCUT2D eigenvalue weighted by Crippen LogP contribution is 2.20. The van der Waals surface area contributed by atoms with Crippen LogP contribution >= 0.6 is 0 Å². The first kappa shape index (κ1) is 18.6. The maximum Gasteiger partial charge on any atom is 0.227 e. The molecule has 2 N–H and O–H groups in total. The molecule has 1 fully saturated rings. The van der Waals surface area contributed by atoms with Crippen LogP contribution in [0.25, 0.3) is 0 Å². The summed E-state index contributed by atoms with van der Waals surface area (Å²) >= 11 is 0. The average molecular weight is 370 g/mol. The van der Waals surface area contributed by atoms with E-state index in [0.717, 1.165) is 5.56 Å². The summed E-state index contributed by atoms with van der Waals surface area (Å²) in [6.07, 6.45) is 3.53. The topological polar surface area (TPSA) is 105 Å². The number of rotatable bonds is 7. The Hall–Kier alpha value is -3.16. The average Bonchev–Trinajstić information content (AvgIpc) is 3.27. The van der Waals surface area contributed by atoms with Crippen molar-refractivity contribution in [3.05, 3.63) is 48.0 Å². The highest BCUT2D eigenvalue weighted by molar-refractivity contribution is 5.91. The first-order chi connectivity index (χ1) is 13.0. The molecule has 3 rings (SSSR count).